The Kier molecular flexibility index (Phi) is 3.79. The van der Waals surface area contributed by atoms with Crippen molar-refractivity contribution in [3.8, 4) is 0 Å². The SMILES string of the molecule is Cn1c(C2C=Cc3c4c5c6c(ccc5c5ccc(C=O)c2c35)C(=O)NC(=O)C6C=C4)nc2ccccc21. The first-order chi connectivity index (χ1) is 18.1. The van der Waals surface area contributed by atoms with Gasteiger partial charge in [0, 0.05) is 18.2 Å². The molecule has 2 atom stereocenters. The number of nitrogens with zero attached hydrogens (tertiary/aromatic N) is 2. The molecule has 2 amide bonds. The third-order valence-electron chi connectivity index (χ3n) is 8.17. The van der Waals surface area contributed by atoms with Crippen molar-refractivity contribution in [2.45, 2.75) is 11.8 Å². The standard InChI is InChI=1S/C31H19N3O3/c1-34-24-5-3-2-4-23(24)32-29(34)20-11-8-17-19-10-13-22-28-21(30(36)33-31(22)37)12-9-18(27(19)28)16-7-6-15(14-35)25(20)26(16)17/h2-14,20,22H,1H3,(H,33,36,37). The van der Waals surface area contributed by atoms with Gasteiger partial charge in [-0.25, -0.2) is 4.98 Å². The topological polar surface area (TPSA) is 81.1 Å². The summed E-state index contributed by atoms with van der Waals surface area (Å²) >= 11 is 0. The third-order valence-corrected chi connectivity index (χ3v) is 8.17. The minimum absolute atomic E-state index is 0.205. The summed E-state index contributed by atoms with van der Waals surface area (Å²) in [5, 5.41) is 6.40. The van der Waals surface area contributed by atoms with Crippen molar-refractivity contribution in [2.24, 2.45) is 7.05 Å². The number of benzene rings is 4. The molecule has 2 aliphatic carbocycles. The van der Waals surface area contributed by atoms with Gasteiger partial charge in [-0.1, -0.05) is 54.6 Å². The van der Waals surface area contributed by atoms with Crippen LogP contribution in [-0.4, -0.2) is 27.7 Å². The van der Waals surface area contributed by atoms with E-state index in [9.17, 15) is 14.4 Å². The molecule has 5 aromatic rings. The van der Waals surface area contributed by atoms with Gasteiger partial charge in [0.2, 0.25) is 5.91 Å². The summed E-state index contributed by atoms with van der Waals surface area (Å²) in [5.41, 5.74) is 6.80. The molecule has 1 aliphatic heterocycles. The summed E-state index contributed by atoms with van der Waals surface area (Å²) in [6.07, 6.45) is 9.01. The number of allylic oxidation sites excluding steroid dienone is 1. The van der Waals surface area contributed by atoms with Crippen LogP contribution in [0.25, 0.3) is 44.7 Å². The second-order valence-corrected chi connectivity index (χ2v) is 9.90. The Labute approximate surface area is 210 Å². The Morgan fingerprint density at radius 3 is 2.32 bits per heavy atom. The molecule has 176 valence electrons. The summed E-state index contributed by atoms with van der Waals surface area (Å²) in [6.45, 7) is 0. The average molecular weight is 482 g/mol. The smallest absolute Gasteiger partial charge is 0.258 e. The van der Waals surface area contributed by atoms with E-state index in [0.717, 1.165) is 66.9 Å². The van der Waals surface area contributed by atoms with E-state index >= 15 is 0 Å². The van der Waals surface area contributed by atoms with Crippen LogP contribution < -0.4 is 5.32 Å². The molecule has 6 heteroatoms. The molecule has 0 radical (unpaired) electrons. The zero-order valence-electron chi connectivity index (χ0n) is 19.8. The van der Waals surface area contributed by atoms with Gasteiger partial charge in [-0.3, -0.25) is 19.7 Å². The normalized spacial score (nSPS) is 19.2. The second-order valence-electron chi connectivity index (χ2n) is 9.90. The molecule has 2 heterocycles. The van der Waals surface area contributed by atoms with Crippen molar-refractivity contribution in [3.05, 3.63) is 99.9 Å². The minimum atomic E-state index is -0.498. The summed E-state index contributed by atoms with van der Waals surface area (Å²) in [5.74, 6) is -0.486. The molecular weight excluding hydrogens is 462 g/mol. The first kappa shape index (κ1) is 20.4. The largest absolute Gasteiger partial charge is 0.330 e. The van der Waals surface area contributed by atoms with E-state index in [2.05, 4.69) is 22.0 Å². The number of aldehydes is 1. The Hall–Kier alpha value is -4.84. The molecule has 3 aliphatic rings. The highest BCUT2D eigenvalue weighted by molar-refractivity contribution is 6.24. The average Bonchev–Trinajstić information content (AvgIpc) is 3.26. The first-order valence-corrected chi connectivity index (χ1v) is 12.2. The highest BCUT2D eigenvalue weighted by Gasteiger charge is 2.37. The quantitative estimate of drug-likeness (QED) is 0.213. The van der Waals surface area contributed by atoms with Gasteiger partial charge in [0.15, 0.2) is 0 Å². The number of hydrogen-bond acceptors (Lipinski definition) is 4. The van der Waals surface area contributed by atoms with Gasteiger partial charge in [-0.2, -0.15) is 0 Å². The maximum absolute atomic E-state index is 12.7. The van der Waals surface area contributed by atoms with E-state index in [1.807, 2.05) is 67.7 Å². The van der Waals surface area contributed by atoms with Gasteiger partial charge < -0.3 is 4.57 Å². The van der Waals surface area contributed by atoms with E-state index in [4.69, 9.17) is 4.98 Å². The van der Waals surface area contributed by atoms with E-state index in [1.165, 1.54) is 0 Å². The third kappa shape index (κ3) is 2.44. The fraction of sp³-hybridized carbons (Fsp3) is 0.0968. The Morgan fingerprint density at radius 1 is 0.865 bits per heavy atom. The van der Waals surface area contributed by atoms with Crippen LogP contribution in [0.5, 0.6) is 0 Å². The Bertz CT molecular complexity index is 1990. The van der Waals surface area contributed by atoms with E-state index in [-0.39, 0.29) is 17.7 Å². The van der Waals surface area contributed by atoms with Crippen LogP contribution in [0.2, 0.25) is 0 Å². The highest BCUT2D eigenvalue weighted by Crippen LogP contribution is 2.49. The number of nitrogens with one attached hydrogen (secondary N) is 1. The first-order valence-electron chi connectivity index (χ1n) is 12.2. The van der Waals surface area contributed by atoms with Gasteiger partial charge in [-0.15, -0.1) is 0 Å². The van der Waals surface area contributed by atoms with Crippen molar-refractivity contribution in [2.75, 3.05) is 0 Å². The molecule has 4 aromatic carbocycles. The van der Waals surface area contributed by atoms with Crippen LogP contribution in [-0.2, 0) is 11.8 Å². The maximum atomic E-state index is 12.7. The van der Waals surface area contributed by atoms with Crippen molar-refractivity contribution < 1.29 is 14.4 Å². The zero-order valence-corrected chi connectivity index (χ0v) is 19.8. The highest BCUT2D eigenvalue weighted by atomic mass is 16.2. The lowest BCUT2D eigenvalue weighted by atomic mass is 9.74. The second kappa shape index (κ2) is 6.89. The number of aromatic nitrogens is 2. The summed E-state index contributed by atoms with van der Waals surface area (Å²) in [6, 6.07) is 15.7. The Morgan fingerprint density at radius 2 is 1.57 bits per heavy atom. The summed E-state index contributed by atoms with van der Waals surface area (Å²) < 4.78 is 2.10. The van der Waals surface area contributed by atoms with E-state index in [0.29, 0.717) is 11.1 Å². The number of amides is 2. The summed E-state index contributed by atoms with van der Waals surface area (Å²) in [4.78, 5) is 42.7. The molecule has 8 rings (SSSR count). The molecular formula is C31H19N3O3. The molecule has 37 heavy (non-hydrogen) atoms. The molecule has 0 bridgehead atoms. The molecule has 0 saturated carbocycles. The minimum Gasteiger partial charge on any atom is -0.330 e. The van der Waals surface area contributed by atoms with Gasteiger partial charge in [-0.05, 0) is 62.0 Å². The monoisotopic (exact) mass is 481 g/mol. The molecule has 0 saturated heterocycles. The number of hydrogen-bond donors (Lipinski definition) is 1. The van der Waals surface area contributed by atoms with Crippen molar-refractivity contribution >= 4 is 62.8 Å². The molecule has 1 aromatic heterocycles. The van der Waals surface area contributed by atoms with Crippen molar-refractivity contribution in [1.29, 1.82) is 0 Å². The molecule has 0 fully saturated rings. The molecule has 6 nitrogen and oxygen atoms in total. The van der Waals surface area contributed by atoms with Gasteiger partial charge in [0.05, 0.1) is 22.9 Å². The fourth-order valence-corrected chi connectivity index (χ4v) is 6.57. The zero-order chi connectivity index (χ0) is 25.0. The number of carbonyl (C=O) groups excluding carboxylic acids is 3. The van der Waals surface area contributed by atoms with E-state index < -0.39 is 5.92 Å². The lowest BCUT2D eigenvalue weighted by molar-refractivity contribution is -0.120. The van der Waals surface area contributed by atoms with Crippen molar-refractivity contribution in [3.63, 3.8) is 0 Å². The number of carbonyl (C=O) groups is 3. The molecule has 1 N–H and O–H groups in total. The molecule has 0 spiro atoms. The number of imide groups is 1. The van der Waals surface area contributed by atoms with Crippen LogP contribution in [0, 0.1) is 0 Å². The van der Waals surface area contributed by atoms with Crippen LogP contribution in [0.4, 0.5) is 0 Å². The van der Waals surface area contributed by atoms with Gasteiger partial charge in [0.1, 0.15) is 12.1 Å². The number of fused-ring (bicyclic) bond motifs is 3. The number of para-hydroxylation sites is 2. The lowest BCUT2D eigenvalue weighted by Gasteiger charge is -2.31. The summed E-state index contributed by atoms with van der Waals surface area (Å²) in [7, 11) is 2.01. The maximum Gasteiger partial charge on any atom is 0.258 e. The van der Waals surface area contributed by atoms with Crippen LogP contribution in [0.3, 0.4) is 0 Å². The lowest BCUT2D eigenvalue weighted by Crippen LogP contribution is -2.40. The van der Waals surface area contributed by atoms with Crippen LogP contribution in [0.15, 0.2) is 60.7 Å². The number of imidazole rings is 1. The van der Waals surface area contributed by atoms with Gasteiger partial charge in [0.25, 0.3) is 5.91 Å². The van der Waals surface area contributed by atoms with Crippen LogP contribution >= 0.6 is 0 Å². The van der Waals surface area contributed by atoms with Crippen LogP contribution in [0.1, 0.15) is 60.6 Å². The Balaban J connectivity index is 1.51. The number of aryl methyl sites for hydroxylation is 1. The fourth-order valence-electron chi connectivity index (χ4n) is 6.57. The van der Waals surface area contributed by atoms with Gasteiger partial charge >= 0.3 is 0 Å². The molecule has 2 unspecified atom stereocenters. The predicted octanol–water partition coefficient (Wildman–Crippen LogP) is 5.23. The predicted molar refractivity (Wildman–Crippen MR) is 143 cm³/mol. The number of rotatable bonds is 2. The van der Waals surface area contributed by atoms with Crippen molar-refractivity contribution in [1.82, 2.24) is 14.9 Å². The van der Waals surface area contributed by atoms with E-state index in [1.54, 1.807) is 0 Å².